The van der Waals surface area contributed by atoms with Gasteiger partial charge in [-0.15, -0.1) is 0 Å². The molecular weight excluding hydrogens is 387 g/mol. The number of esters is 1. The van der Waals surface area contributed by atoms with E-state index >= 15 is 0 Å². The third-order valence-electron chi connectivity index (χ3n) is 3.77. The third kappa shape index (κ3) is 5.86. The Morgan fingerprint density at radius 3 is 2.25 bits per heavy atom. The topological polar surface area (TPSA) is 102 Å². The minimum absolute atomic E-state index is 0.0241. The van der Waals surface area contributed by atoms with Crippen LogP contribution in [0.3, 0.4) is 0 Å². The zero-order chi connectivity index (χ0) is 20.7. The van der Waals surface area contributed by atoms with Crippen molar-refractivity contribution in [3.63, 3.8) is 0 Å². The first-order valence-corrected chi connectivity index (χ1v) is 10.0. The van der Waals surface area contributed by atoms with Crippen LogP contribution in [0, 0.1) is 5.82 Å². The first kappa shape index (κ1) is 21.5. The van der Waals surface area contributed by atoms with E-state index in [1.807, 2.05) is 0 Å². The molecule has 28 heavy (non-hydrogen) atoms. The van der Waals surface area contributed by atoms with E-state index < -0.39 is 28.0 Å². The maximum Gasteiger partial charge on any atom is 0.338 e. The molecule has 0 heterocycles. The first-order chi connectivity index (χ1) is 13.2. The van der Waals surface area contributed by atoms with Gasteiger partial charge in [-0.25, -0.2) is 22.3 Å². The molecule has 1 amide bonds. The Labute approximate surface area is 163 Å². The number of ether oxygens (including phenoxy) is 1. The van der Waals surface area contributed by atoms with E-state index in [9.17, 15) is 22.4 Å². The Kier molecular flexibility index (Phi) is 7.24. The summed E-state index contributed by atoms with van der Waals surface area (Å²) >= 11 is 0. The standard InChI is InChI=1S/C19H21FN2O5S/c1-3-22-28(25,26)17-10-6-15(7-11-17)19(24)27-13(2)18(23)21-12-14-4-8-16(20)9-5-14/h4-11,13,22H,3,12H2,1-2H3,(H,21,23). The van der Waals surface area contributed by atoms with Gasteiger partial charge in [0, 0.05) is 13.1 Å². The molecule has 0 radical (unpaired) electrons. The highest BCUT2D eigenvalue weighted by Crippen LogP contribution is 2.12. The van der Waals surface area contributed by atoms with E-state index in [1.54, 1.807) is 6.92 Å². The molecule has 2 rings (SSSR count). The molecule has 9 heteroatoms. The number of carbonyl (C=O) groups is 2. The molecule has 0 saturated heterocycles. The van der Waals surface area contributed by atoms with Crippen molar-refractivity contribution in [3.8, 4) is 0 Å². The smallest absolute Gasteiger partial charge is 0.338 e. The van der Waals surface area contributed by atoms with Crippen molar-refractivity contribution in [1.29, 1.82) is 0 Å². The van der Waals surface area contributed by atoms with Gasteiger partial charge in [0.25, 0.3) is 5.91 Å². The Morgan fingerprint density at radius 2 is 1.68 bits per heavy atom. The molecule has 0 aliphatic carbocycles. The van der Waals surface area contributed by atoms with Crippen molar-refractivity contribution >= 4 is 21.9 Å². The molecule has 0 aliphatic heterocycles. The number of hydrogen-bond donors (Lipinski definition) is 2. The Hall–Kier alpha value is -2.78. The highest BCUT2D eigenvalue weighted by molar-refractivity contribution is 7.89. The lowest BCUT2D eigenvalue weighted by Crippen LogP contribution is -2.35. The number of rotatable bonds is 8. The summed E-state index contributed by atoms with van der Waals surface area (Å²) in [6, 6.07) is 10.8. The molecule has 0 spiro atoms. The number of sulfonamides is 1. The second kappa shape index (κ2) is 9.43. The van der Waals surface area contributed by atoms with Crippen LogP contribution < -0.4 is 10.0 Å². The highest BCUT2D eigenvalue weighted by Gasteiger charge is 2.20. The normalized spacial score (nSPS) is 12.2. The van der Waals surface area contributed by atoms with Crippen LogP contribution in [0.15, 0.2) is 53.4 Å². The SMILES string of the molecule is CCNS(=O)(=O)c1ccc(C(=O)OC(C)C(=O)NCc2ccc(F)cc2)cc1. The summed E-state index contributed by atoms with van der Waals surface area (Å²) in [5.41, 5.74) is 0.819. The number of nitrogens with one attached hydrogen (secondary N) is 2. The highest BCUT2D eigenvalue weighted by atomic mass is 32.2. The molecule has 1 unspecified atom stereocenters. The maximum absolute atomic E-state index is 12.9. The molecule has 0 aromatic heterocycles. The van der Waals surface area contributed by atoms with E-state index in [0.29, 0.717) is 5.56 Å². The number of amides is 1. The van der Waals surface area contributed by atoms with Gasteiger partial charge in [0.1, 0.15) is 5.82 Å². The van der Waals surface area contributed by atoms with Gasteiger partial charge in [0.2, 0.25) is 10.0 Å². The average Bonchev–Trinajstić information content (AvgIpc) is 2.67. The van der Waals surface area contributed by atoms with Gasteiger partial charge >= 0.3 is 5.97 Å². The number of halogens is 1. The van der Waals surface area contributed by atoms with Crippen LogP contribution in [0.5, 0.6) is 0 Å². The summed E-state index contributed by atoms with van der Waals surface area (Å²) < 4.78 is 44.1. The van der Waals surface area contributed by atoms with E-state index in [-0.39, 0.29) is 29.4 Å². The van der Waals surface area contributed by atoms with Gasteiger partial charge in [-0.2, -0.15) is 0 Å². The summed E-state index contributed by atoms with van der Waals surface area (Å²) in [4.78, 5) is 24.2. The van der Waals surface area contributed by atoms with Gasteiger partial charge in [0.15, 0.2) is 6.10 Å². The number of carbonyl (C=O) groups excluding carboxylic acids is 2. The Bertz CT molecular complexity index is 928. The quantitative estimate of drug-likeness (QED) is 0.651. The third-order valence-corrected chi connectivity index (χ3v) is 5.33. The van der Waals surface area contributed by atoms with Crippen molar-refractivity contribution in [2.24, 2.45) is 0 Å². The van der Waals surface area contributed by atoms with Crippen LogP contribution in [-0.2, 0) is 26.1 Å². The molecule has 2 N–H and O–H groups in total. The fraction of sp³-hybridized carbons (Fsp3) is 0.263. The number of hydrogen-bond acceptors (Lipinski definition) is 5. The monoisotopic (exact) mass is 408 g/mol. The van der Waals surface area contributed by atoms with Crippen LogP contribution in [0.1, 0.15) is 29.8 Å². The van der Waals surface area contributed by atoms with Crippen molar-refractivity contribution in [2.75, 3.05) is 6.54 Å². The largest absolute Gasteiger partial charge is 0.449 e. The van der Waals surface area contributed by atoms with Gasteiger partial charge in [-0.05, 0) is 48.9 Å². The molecule has 0 aliphatic rings. The molecule has 0 saturated carbocycles. The van der Waals surface area contributed by atoms with Crippen LogP contribution in [0.25, 0.3) is 0 Å². The zero-order valence-electron chi connectivity index (χ0n) is 15.4. The minimum Gasteiger partial charge on any atom is -0.449 e. The predicted octanol–water partition coefficient (Wildman–Crippen LogP) is 1.99. The molecule has 0 fully saturated rings. The molecule has 2 aromatic rings. The predicted molar refractivity (Wildman–Crippen MR) is 100 cm³/mol. The summed E-state index contributed by atoms with van der Waals surface area (Å²) in [7, 11) is -3.62. The lowest BCUT2D eigenvalue weighted by Gasteiger charge is -2.14. The van der Waals surface area contributed by atoms with Crippen LogP contribution in [0.4, 0.5) is 4.39 Å². The summed E-state index contributed by atoms with van der Waals surface area (Å²) in [6.07, 6.45) is -1.06. The van der Waals surface area contributed by atoms with E-state index in [1.165, 1.54) is 55.5 Å². The van der Waals surface area contributed by atoms with Crippen molar-refractivity contribution in [3.05, 3.63) is 65.5 Å². The number of benzene rings is 2. The fourth-order valence-electron chi connectivity index (χ4n) is 2.26. The second-order valence-corrected chi connectivity index (χ2v) is 7.68. The zero-order valence-corrected chi connectivity index (χ0v) is 16.3. The van der Waals surface area contributed by atoms with E-state index in [2.05, 4.69) is 10.0 Å². The lowest BCUT2D eigenvalue weighted by molar-refractivity contribution is -0.129. The van der Waals surface area contributed by atoms with Crippen molar-refractivity contribution in [1.82, 2.24) is 10.0 Å². The molecule has 7 nitrogen and oxygen atoms in total. The summed E-state index contributed by atoms with van der Waals surface area (Å²) in [5, 5.41) is 2.59. The van der Waals surface area contributed by atoms with E-state index in [0.717, 1.165) is 0 Å². The Balaban J connectivity index is 1.92. The average molecular weight is 408 g/mol. The van der Waals surface area contributed by atoms with Gasteiger partial charge in [-0.3, -0.25) is 4.79 Å². The van der Waals surface area contributed by atoms with Gasteiger partial charge in [0.05, 0.1) is 10.5 Å². The molecule has 150 valence electrons. The van der Waals surface area contributed by atoms with E-state index in [4.69, 9.17) is 4.74 Å². The van der Waals surface area contributed by atoms with Crippen molar-refractivity contribution in [2.45, 2.75) is 31.4 Å². The molecule has 1 atom stereocenters. The van der Waals surface area contributed by atoms with Crippen LogP contribution in [0.2, 0.25) is 0 Å². The summed E-state index contributed by atoms with van der Waals surface area (Å²) in [6.45, 7) is 3.49. The maximum atomic E-state index is 12.9. The molecule has 0 bridgehead atoms. The minimum atomic E-state index is -3.62. The van der Waals surface area contributed by atoms with Crippen LogP contribution in [-0.4, -0.2) is 32.9 Å². The molecule has 2 aromatic carbocycles. The second-order valence-electron chi connectivity index (χ2n) is 5.92. The summed E-state index contributed by atoms with van der Waals surface area (Å²) in [5.74, 6) is -1.64. The van der Waals surface area contributed by atoms with Gasteiger partial charge < -0.3 is 10.1 Å². The van der Waals surface area contributed by atoms with Crippen molar-refractivity contribution < 1.29 is 27.1 Å². The van der Waals surface area contributed by atoms with Crippen LogP contribution >= 0.6 is 0 Å². The Morgan fingerprint density at radius 1 is 1.07 bits per heavy atom. The molecular formula is C19H21FN2O5S. The van der Waals surface area contributed by atoms with Gasteiger partial charge in [-0.1, -0.05) is 19.1 Å². The lowest BCUT2D eigenvalue weighted by atomic mass is 10.2. The first-order valence-electron chi connectivity index (χ1n) is 8.56. The fourth-order valence-corrected chi connectivity index (χ4v) is 3.30.